The van der Waals surface area contributed by atoms with Gasteiger partial charge in [0.15, 0.2) is 0 Å². The summed E-state index contributed by atoms with van der Waals surface area (Å²) in [7, 11) is 1.65. The number of methoxy groups -OCH3 is 1. The largest absolute Gasteiger partial charge is 0.481 e. The van der Waals surface area contributed by atoms with Gasteiger partial charge in [-0.15, -0.1) is 0 Å². The molecule has 0 bridgehead atoms. The first-order valence-corrected chi connectivity index (χ1v) is 5.73. The average molecular weight is 230 g/mol. The van der Waals surface area contributed by atoms with Crippen LogP contribution in [0, 0.1) is 0 Å². The molecule has 0 radical (unpaired) electrons. The van der Waals surface area contributed by atoms with E-state index in [1.54, 1.807) is 7.11 Å². The van der Waals surface area contributed by atoms with Crippen LogP contribution in [0.2, 0.25) is 0 Å². The molecule has 1 heterocycles. The topological polar surface area (TPSA) is 48.1 Å². The van der Waals surface area contributed by atoms with E-state index in [-0.39, 0.29) is 5.41 Å². The van der Waals surface area contributed by atoms with Gasteiger partial charge in [-0.1, -0.05) is 32.0 Å². The second-order valence-electron chi connectivity index (χ2n) is 4.83. The van der Waals surface area contributed by atoms with Gasteiger partial charge in [0.2, 0.25) is 5.88 Å². The van der Waals surface area contributed by atoms with Crippen molar-refractivity contribution in [3.8, 4) is 5.88 Å². The first-order chi connectivity index (χ1) is 8.08. The van der Waals surface area contributed by atoms with Gasteiger partial charge >= 0.3 is 0 Å². The van der Waals surface area contributed by atoms with Crippen LogP contribution in [0.1, 0.15) is 19.4 Å². The molecule has 3 heteroatoms. The smallest absolute Gasteiger partial charge is 0.217 e. The van der Waals surface area contributed by atoms with Crippen molar-refractivity contribution in [1.29, 1.82) is 0 Å². The van der Waals surface area contributed by atoms with Crippen LogP contribution in [-0.4, -0.2) is 18.6 Å². The van der Waals surface area contributed by atoms with Gasteiger partial charge in [-0.3, -0.25) is 0 Å². The number of hydrogen-bond donors (Lipinski definition) is 1. The molecule has 90 valence electrons. The molecular weight excluding hydrogens is 212 g/mol. The van der Waals surface area contributed by atoms with Crippen LogP contribution >= 0.6 is 0 Å². The molecule has 0 unspecified atom stereocenters. The quantitative estimate of drug-likeness (QED) is 0.881. The fourth-order valence-corrected chi connectivity index (χ4v) is 1.85. The second kappa shape index (κ2) is 4.34. The normalized spacial score (nSPS) is 11.8. The van der Waals surface area contributed by atoms with Crippen LogP contribution in [0.5, 0.6) is 5.88 Å². The Labute approximate surface area is 102 Å². The number of aromatic nitrogens is 1. The van der Waals surface area contributed by atoms with Crippen LogP contribution in [0.25, 0.3) is 10.9 Å². The molecule has 1 aromatic heterocycles. The molecule has 0 aliphatic carbocycles. The summed E-state index contributed by atoms with van der Waals surface area (Å²) in [6, 6.07) is 10.1. The Morgan fingerprint density at radius 1 is 1.29 bits per heavy atom. The maximum absolute atomic E-state index is 5.82. The number of rotatable bonds is 3. The summed E-state index contributed by atoms with van der Waals surface area (Å²) in [5.41, 5.74) is 7.69. The third-order valence-electron chi connectivity index (χ3n) is 3.12. The van der Waals surface area contributed by atoms with Gasteiger partial charge in [0, 0.05) is 22.9 Å². The summed E-state index contributed by atoms with van der Waals surface area (Å²) in [6.45, 7) is 4.76. The maximum atomic E-state index is 5.82. The van der Waals surface area contributed by atoms with Crippen molar-refractivity contribution < 1.29 is 4.74 Å². The molecule has 0 aliphatic rings. The molecule has 2 N–H and O–H groups in total. The van der Waals surface area contributed by atoms with Crippen molar-refractivity contribution in [2.45, 2.75) is 19.3 Å². The fourth-order valence-electron chi connectivity index (χ4n) is 1.85. The molecule has 0 fully saturated rings. The summed E-state index contributed by atoms with van der Waals surface area (Å²) in [4.78, 5) is 4.53. The zero-order valence-corrected chi connectivity index (χ0v) is 10.5. The second-order valence-corrected chi connectivity index (χ2v) is 4.83. The molecule has 2 aromatic rings. The summed E-state index contributed by atoms with van der Waals surface area (Å²) in [5, 5.41) is 1.12. The van der Waals surface area contributed by atoms with Gasteiger partial charge in [-0.25, -0.2) is 4.98 Å². The van der Waals surface area contributed by atoms with E-state index >= 15 is 0 Å². The third-order valence-corrected chi connectivity index (χ3v) is 3.12. The van der Waals surface area contributed by atoms with E-state index < -0.39 is 0 Å². The maximum Gasteiger partial charge on any atom is 0.217 e. The van der Waals surface area contributed by atoms with Crippen molar-refractivity contribution in [1.82, 2.24) is 4.98 Å². The number of nitrogens with zero attached hydrogens (tertiary/aromatic N) is 1. The number of hydrogen-bond acceptors (Lipinski definition) is 3. The highest BCUT2D eigenvalue weighted by molar-refractivity contribution is 5.80. The Morgan fingerprint density at radius 2 is 2.00 bits per heavy atom. The first-order valence-electron chi connectivity index (χ1n) is 5.73. The molecule has 0 saturated carbocycles. The SMILES string of the molecule is COc1nc2ccccc2cc1C(C)(C)CN. The molecular formula is C14H18N2O. The number of pyridine rings is 1. The van der Waals surface area contributed by atoms with E-state index in [4.69, 9.17) is 10.5 Å². The predicted molar refractivity (Wildman–Crippen MR) is 70.4 cm³/mol. The van der Waals surface area contributed by atoms with Gasteiger partial charge in [0.05, 0.1) is 12.6 Å². The van der Waals surface area contributed by atoms with Crippen LogP contribution in [0.3, 0.4) is 0 Å². The van der Waals surface area contributed by atoms with E-state index in [1.807, 2.05) is 18.2 Å². The molecule has 3 nitrogen and oxygen atoms in total. The lowest BCUT2D eigenvalue weighted by Gasteiger charge is -2.24. The van der Waals surface area contributed by atoms with E-state index in [2.05, 4.69) is 31.0 Å². The molecule has 0 saturated heterocycles. The molecule has 0 amide bonds. The Hall–Kier alpha value is -1.61. The lowest BCUT2D eigenvalue weighted by molar-refractivity contribution is 0.379. The lowest BCUT2D eigenvalue weighted by Crippen LogP contribution is -2.28. The first kappa shape index (κ1) is 11.9. The van der Waals surface area contributed by atoms with Crippen LogP contribution in [0.15, 0.2) is 30.3 Å². The molecule has 17 heavy (non-hydrogen) atoms. The van der Waals surface area contributed by atoms with E-state index in [0.29, 0.717) is 12.4 Å². The Kier molecular flexibility index (Phi) is 3.03. The minimum Gasteiger partial charge on any atom is -0.481 e. The standard InChI is InChI=1S/C14H18N2O/c1-14(2,9-15)11-8-10-6-4-5-7-12(10)16-13(11)17-3/h4-8H,9,15H2,1-3H3. The predicted octanol–water partition coefficient (Wildman–Crippen LogP) is 2.48. The molecule has 1 aromatic carbocycles. The highest BCUT2D eigenvalue weighted by atomic mass is 16.5. The van der Waals surface area contributed by atoms with Crippen molar-refractivity contribution in [2.24, 2.45) is 5.73 Å². The highest BCUT2D eigenvalue weighted by Gasteiger charge is 2.24. The lowest BCUT2D eigenvalue weighted by atomic mass is 9.85. The summed E-state index contributed by atoms with van der Waals surface area (Å²) in [5.74, 6) is 0.666. The Bertz CT molecular complexity index is 535. The Morgan fingerprint density at radius 3 is 2.65 bits per heavy atom. The van der Waals surface area contributed by atoms with Crippen LogP contribution < -0.4 is 10.5 Å². The van der Waals surface area contributed by atoms with Gasteiger partial charge in [0.25, 0.3) is 0 Å². The number of para-hydroxylation sites is 1. The molecule has 0 spiro atoms. The number of fused-ring (bicyclic) bond motifs is 1. The summed E-state index contributed by atoms with van der Waals surface area (Å²) < 4.78 is 5.37. The molecule has 0 aliphatic heterocycles. The van der Waals surface area contributed by atoms with E-state index in [0.717, 1.165) is 16.5 Å². The van der Waals surface area contributed by atoms with Crippen molar-refractivity contribution in [3.63, 3.8) is 0 Å². The van der Waals surface area contributed by atoms with Gasteiger partial charge in [-0.2, -0.15) is 0 Å². The minimum atomic E-state index is -0.137. The minimum absolute atomic E-state index is 0.137. The van der Waals surface area contributed by atoms with Crippen molar-refractivity contribution >= 4 is 10.9 Å². The molecule has 0 atom stereocenters. The van der Waals surface area contributed by atoms with Crippen molar-refractivity contribution in [2.75, 3.05) is 13.7 Å². The number of nitrogens with two attached hydrogens (primary N) is 1. The fraction of sp³-hybridized carbons (Fsp3) is 0.357. The molecule has 2 rings (SSSR count). The van der Waals surface area contributed by atoms with Crippen LogP contribution in [-0.2, 0) is 5.41 Å². The van der Waals surface area contributed by atoms with Gasteiger partial charge in [-0.05, 0) is 12.1 Å². The summed E-state index contributed by atoms with van der Waals surface area (Å²) in [6.07, 6.45) is 0. The van der Waals surface area contributed by atoms with Gasteiger partial charge in [0.1, 0.15) is 0 Å². The zero-order valence-electron chi connectivity index (χ0n) is 10.5. The monoisotopic (exact) mass is 230 g/mol. The van der Waals surface area contributed by atoms with E-state index in [1.165, 1.54) is 0 Å². The third kappa shape index (κ3) is 2.11. The Balaban J connectivity index is 2.69. The number of benzene rings is 1. The number of ether oxygens (including phenoxy) is 1. The van der Waals surface area contributed by atoms with Gasteiger partial charge < -0.3 is 10.5 Å². The van der Waals surface area contributed by atoms with Crippen LogP contribution in [0.4, 0.5) is 0 Å². The zero-order chi connectivity index (χ0) is 12.5. The summed E-state index contributed by atoms with van der Waals surface area (Å²) >= 11 is 0. The van der Waals surface area contributed by atoms with Crippen molar-refractivity contribution in [3.05, 3.63) is 35.9 Å². The average Bonchev–Trinajstić information content (AvgIpc) is 2.37. The van der Waals surface area contributed by atoms with E-state index in [9.17, 15) is 0 Å². The highest BCUT2D eigenvalue weighted by Crippen LogP contribution is 2.32.